The Labute approximate surface area is 289 Å². The number of nitrogens with one attached hydrogen (secondary N) is 1. The zero-order valence-corrected chi connectivity index (χ0v) is 29.0. The molecule has 1 aliphatic rings. The van der Waals surface area contributed by atoms with E-state index >= 15 is 0 Å². The minimum atomic E-state index is -4.22. The predicted molar refractivity (Wildman–Crippen MR) is 191 cm³/mol. The molecule has 0 aromatic heterocycles. The molecular formula is C39H45N3O6S. The quantitative estimate of drug-likeness (QED) is 0.156. The van der Waals surface area contributed by atoms with Gasteiger partial charge in [-0.2, -0.15) is 0 Å². The number of carbonyl (C=O) groups excluding carboxylic acids is 2. The summed E-state index contributed by atoms with van der Waals surface area (Å²) in [4.78, 5) is 30.5. The Balaban J connectivity index is 1.55. The molecule has 1 N–H and O–H groups in total. The fourth-order valence-electron chi connectivity index (χ4n) is 6.19. The lowest BCUT2D eigenvalue weighted by Crippen LogP contribution is -2.55. The lowest BCUT2D eigenvalue weighted by Gasteiger charge is -2.35. The molecule has 4 aromatic carbocycles. The van der Waals surface area contributed by atoms with Crippen molar-refractivity contribution in [1.29, 1.82) is 0 Å². The number of hydrogen-bond acceptors (Lipinski definition) is 6. The highest BCUT2D eigenvalue weighted by Crippen LogP contribution is 2.27. The standard InChI is InChI=1S/C39H45N3O6S/c1-3-48-34-22-24-36(25-23-34)49(45,46)42(33-19-11-6-12-20-33)29-38(43)41(28-31-16-13-21-35(26-31)47-2)37(27-30-14-7-4-8-15-30)39(44)40-32-17-9-5-10-18-32/h4,6-8,11-16,19-26,32,37H,3,5,9-10,17-18,27-29H2,1-2H3,(H,40,44). The maximum atomic E-state index is 14.7. The van der Waals surface area contributed by atoms with Gasteiger partial charge in [0.15, 0.2) is 0 Å². The van der Waals surface area contributed by atoms with Crippen molar-refractivity contribution in [1.82, 2.24) is 10.2 Å². The zero-order valence-electron chi connectivity index (χ0n) is 28.2. The van der Waals surface area contributed by atoms with Gasteiger partial charge in [-0.1, -0.05) is 79.9 Å². The molecule has 0 heterocycles. The molecule has 0 aliphatic heterocycles. The molecular weight excluding hydrogens is 639 g/mol. The summed E-state index contributed by atoms with van der Waals surface area (Å²) in [6.45, 7) is 1.84. The molecule has 258 valence electrons. The van der Waals surface area contributed by atoms with E-state index < -0.39 is 28.5 Å². The van der Waals surface area contributed by atoms with E-state index in [0.29, 0.717) is 23.8 Å². The summed E-state index contributed by atoms with van der Waals surface area (Å²) in [7, 11) is -2.64. The van der Waals surface area contributed by atoms with Crippen LogP contribution in [0.4, 0.5) is 5.69 Å². The first-order valence-corrected chi connectivity index (χ1v) is 18.3. The lowest BCUT2D eigenvalue weighted by atomic mass is 9.94. The van der Waals surface area contributed by atoms with Crippen LogP contribution < -0.4 is 19.1 Å². The average Bonchev–Trinajstić information content (AvgIpc) is 3.13. The number of benzene rings is 4. The Morgan fingerprint density at radius 1 is 0.816 bits per heavy atom. The minimum absolute atomic E-state index is 0.0165. The molecule has 49 heavy (non-hydrogen) atoms. The van der Waals surface area contributed by atoms with Crippen molar-refractivity contribution in [2.75, 3.05) is 24.6 Å². The molecule has 1 fully saturated rings. The number of amides is 2. The number of ether oxygens (including phenoxy) is 2. The summed E-state index contributed by atoms with van der Waals surface area (Å²) < 4.78 is 40.7. The van der Waals surface area contributed by atoms with Gasteiger partial charge in [0.1, 0.15) is 24.1 Å². The third-order valence-corrected chi connectivity index (χ3v) is 10.5. The summed E-state index contributed by atoms with van der Waals surface area (Å²) in [6, 6.07) is 30.7. The Kier molecular flexibility index (Phi) is 12.3. The number of para-hydroxylation sites is 1. The van der Waals surface area contributed by atoms with Gasteiger partial charge in [0.25, 0.3) is 10.0 Å². The second kappa shape index (κ2) is 17.0. The van der Waals surface area contributed by atoms with E-state index in [-0.39, 0.29) is 29.8 Å². The van der Waals surface area contributed by atoms with E-state index in [4.69, 9.17) is 9.47 Å². The Morgan fingerprint density at radius 2 is 1.47 bits per heavy atom. The smallest absolute Gasteiger partial charge is 0.264 e. The highest BCUT2D eigenvalue weighted by molar-refractivity contribution is 7.92. The van der Waals surface area contributed by atoms with Crippen LogP contribution in [0.3, 0.4) is 0 Å². The molecule has 1 atom stereocenters. The maximum absolute atomic E-state index is 14.7. The molecule has 2 amide bonds. The summed E-state index contributed by atoms with van der Waals surface area (Å²) in [5.74, 6) is 0.384. The molecule has 5 rings (SSSR count). The Hall–Kier alpha value is -4.83. The first-order valence-electron chi connectivity index (χ1n) is 16.9. The van der Waals surface area contributed by atoms with Crippen LogP contribution in [0.1, 0.15) is 50.2 Å². The van der Waals surface area contributed by atoms with E-state index in [1.807, 2.05) is 61.5 Å². The van der Waals surface area contributed by atoms with Gasteiger partial charge < -0.3 is 19.7 Å². The van der Waals surface area contributed by atoms with Crippen LogP contribution >= 0.6 is 0 Å². The molecule has 0 saturated heterocycles. The number of methoxy groups -OCH3 is 1. The molecule has 10 heteroatoms. The lowest BCUT2D eigenvalue weighted by molar-refractivity contribution is -0.140. The summed E-state index contributed by atoms with van der Waals surface area (Å²) in [5, 5.41) is 3.24. The third kappa shape index (κ3) is 9.41. The first-order chi connectivity index (χ1) is 23.8. The highest BCUT2D eigenvalue weighted by Gasteiger charge is 2.35. The molecule has 0 spiro atoms. The maximum Gasteiger partial charge on any atom is 0.264 e. The Bertz CT molecular complexity index is 1760. The predicted octanol–water partition coefficient (Wildman–Crippen LogP) is 6.38. The fraction of sp³-hybridized carbons (Fsp3) is 0.333. The van der Waals surface area contributed by atoms with Gasteiger partial charge in [-0.15, -0.1) is 0 Å². The van der Waals surface area contributed by atoms with Gasteiger partial charge in [-0.05, 0) is 79.4 Å². The van der Waals surface area contributed by atoms with Crippen molar-refractivity contribution in [3.63, 3.8) is 0 Å². The van der Waals surface area contributed by atoms with Gasteiger partial charge in [0, 0.05) is 19.0 Å². The number of anilines is 1. The van der Waals surface area contributed by atoms with Gasteiger partial charge >= 0.3 is 0 Å². The van der Waals surface area contributed by atoms with Crippen LogP contribution in [-0.4, -0.2) is 57.5 Å². The number of carbonyl (C=O) groups is 2. The van der Waals surface area contributed by atoms with Crippen LogP contribution in [0.2, 0.25) is 0 Å². The van der Waals surface area contributed by atoms with Crippen LogP contribution in [0.5, 0.6) is 11.5 Å². The summed E-state index contributed by atoms with van der Waals surface area (Å²) in [6.07, 6.45) is 5.24. The third-order valence-electron chi connectivity index (χ3n) is 8.76. The van der Waals surface area contributed by atoms with Crippen LogP contribution in [-0.2, 0) is 32.6 Å². The van der Waals surface area contributed by atoms with Gasteiger partial charge in [-0.3, -0.25) is 13.9 Å². The molecule has 0 bridgehead atoms. The van der Waals surface area contributed by atoms with E-state index in [9.17, 15) is 18.0 Å². The van der Waals surface area contributed by atoms with Crippen molar-refractivity contribution in [2.45, 2.75) is 69.0 Å². The van der Waals surface area contributed by atoms with Crippen molar-refractivity contribution < 1.29 is 27.5 Å². The van der Waals surface area contributed by atoms with Gasteiger partial charge in [0.2, 0.25) is 11.8 Å². The number of hydrogen-bond donors (Lipinski definition) is 1. The van der Waals surface area contributed by atoms with Gasteiger partial charge in [-0.25, -0.2) is 8.42 Å². The van der Waals surface area contributed by atoms with E-state index in [2.05, 4.69) is 5.32 Å². The largest absolute Gasteiger partial charge is 0.497 e. The zero-order chi connectivity index (χ0) is 34.6. The number of nitrogens with zero attached hydrogens (tertiary/aromatic N) is 2. The average molecular weight is 684 g/mol. The summed E-state index contributed by atoms with van der Waals surface area (Å²) in [5.41, 5.74) is 1.96. The molecule has 1 saturated carbocycles. The first kappa shape index (κ1) is 35.5. The SMILES string of the molecule is CCOc1ccc(S(=O)(=O)N(CC(=O)N(Cc2cccc(OC)c2)C(Cc2ccccc2)C(=O)NC2CCCCC2)c2ccccc2)cc1. The highest BCUT2D eigenvalue weighted by atomic mass is 32.2. The van der Waals surface area contributed by atoms with Crippen molar-refractivity contribution in [3.8, 4) is 11.5 Å². The van der Waals surface area contributed by atoms with Crippen molar-refractivity contribution >= 4 is 27.5 Å². The monoisotopic (exact) mass is 683 g/mol. The molecule has 1 unspecified atom stereocenters. The van der Waals surface area contributed by atoms with Crippen LogP contribution in [0.25, 0.3) is 0 Å². The summed E-state index contributed by atoms with van der Waals surface area (Å²) >= 11 is 0. The molecule has 9 nitrogen and oxygen atoms in total. The normalized spacial score (nSPS) is 14.0. The minimum Gasteiger partial charge on any atom is -0.497 e. The topological polar surface area (TPSA) is 105 Å². The van der Waals surface area contributed by atoms with Crippen molar-refractivity contribution in [2.24, 2.45) is 0 Å². The Morgan fingerprint density at radius 3 is 2.12 bits per heavy atom. The van der Waals surface area contributed by atoms with Gasteiger partial charge in [0.05, 0.1) is 24.3 Å². The fourth-order valence-corrected chi connectivity index (χ4v) is 7.60. The van der Waals surface area contributed by atoms with Crippen LogP contribution in [0.15, 0.2) is 114 Å². The molecule has 0 radical (unpaired) electrons. The molecule has 4 aromatic rings. The van der Waals surface area contributed by atoms with Crippen molar-refractivity contribution in [3.05, 3.63) is 120 Å². The van der Waals surface area contributed by atoms with Crippen LogP contribution in [0, 0.1) is 0 Å². The number of sulfonamides is 1. The second-order valence-corrected chi connectivity index (χ2v) is 14.0. The van der Waals surface area contributed by atoms with E-state index in [1.165, 1.54) is 17.0 Å². The van der Waals surface area contributed by atoms with E-state index in [0.717, 1.165) is 47.5 Å². The molecule has 1 aliphatic carbocycles. The second-order valence-electron chi connectivity index (χ2n) is 12.2. The van der Waals surface area contributed by atoms with E-state index in [1.54, 1.807) is 49.6 Å². The number of rotatable bonds is 15.